The van der Waals surface area contributed by atoms with E-state index in [1.54, 1.807) is 13.4 Å². The van der Waals surface area contributed by atoms with Gasteiger partial charge in [0.15, 0.2) is 0 Å². The minimum Gasteiger partial charge on any atom is -0.494 e. The van der Waals surface area contributed by atoms with E-state index in [1.807, 2.05) is 30.0 Å². The van der Waals surface area contributed by atoms with Crippen LogP contribution in [0.1, 0.15) is 18.3 Å². The van der Waals surface area contributed by atoms with Crippen LogP contribution in [0.25, 0.3) is 5.69 Å². The van der Waals surface area contributed by atoms with Crippen molar-refractivity contribution >= 4 is 0 Å². The summed E-state index contributed by atoms with van der Waals surface area (Å²) in [5.41, 5.74) is 2.92. The molecule has 4 nitrogen and oxygen atoms in total. The van der Waals surface area contributed by atoms with Crippen LogP contribution in [-0.2, 0) is 6.42 Å². The number of methoxy groups -OCH3 is 1. The molecule has 0 aromatic carbocycles. The fourth-order valence-corrected chi connectivity index (χ4v) is 1.57. The zero-order valence-electron chi connectivity index (χ0n) is 9.77. The molecule has 84 valence electrons. The van der Waals surface area contributed by atoms with Gasteiger partial charge in [0.1, 0.15) is 11.4 Å². The Hall–Kier alpha value is -1.84. The highest BCUT2D eigenvalue weighted by atomic mass is 16.5. The van der Waals surface area contributed by atoms with Gasteiger partial charge in [0.05, 0.1) is 25.3 Å². The van der Waals surface area contributed by atoms with Gasteiger partial charge in [0.2, 0.25) is 0 Å². The number of imidazole rings is 1. The van der Waals surface area contributed by atoms with Crippen LogP contribution in [0.15, 0.2) is 24.8 Å². The number of pyridine rings is 1. The van der Waals surface area contributed by atoms with Crippen LogP contribution in [0.3, 0.4) is 0 Å². The molecule has 0 aliphatic heterocycles. The third-order valence-electron chi connectivity index (χ3n) is 2.47. The van der Waals surface area contributed by atoms with Crippen molar-refractivity contribution < 1.29 is 4.74 Å². The minimum absolute atomic E-state index is 0.823. The van der Waals surface area contributed by atoms with E-state index >= 15 is 0 Å². The number of ether oxygens (including phenoxy) is 1. The lowest BCUT2D eigenvalue weighted by atomic mass is 10.2. The fraction of sp³-hybridized carbons (Fsp3) is 0.333. The molecule has 0 saturated heterocycles. The van der Waals surface area contributed by atoms with Crippen molar-refractivity contribution in [1.29, 1.82) is 0 Å². The maximum Gasteiger partial charge on any atom is 0.146 e. The zero-order chi connectivity index (χ0) is 11.5. The van der Waals surface area contributed by atoms with Gasteiger partial charge in [-0.3, -0.25) is 4.98 Å². The molecule has 2 rings (SSSR count). The van der Waals surface area contributed by atoms with Gasteiger partial charge in [-0.05, 0) is 13.3 Å². The Morgan fingerprint density at radius 1 is 1.38 bits per heavy atom. The Balaban J connectivity index is 2.48. The summed E-state index contributed by atoms with van der Waals surface area (Å²) in [6.45, 7) is 4.03. The summed E-state index contributed by atoms with van der Waals surface area (Å²) in [6.07, 6.45) is 6.43. The molecule has 0 bridgehead atoms. The highest BCUT2D eigenvalue weighted by molar-refractivity contribution is 5.46. The van der Waals surface area contributed by atoms with Crippen molar-refractivity contribution in [3.8, 4) is 11.4 Å². The Morgan fingerprint density at radius 2 is 2.19 bits per heavy atom. The lowest BCUT2D eigenvalue weighted by Crippen LogP contribution is -1.99. The minimum atomic E-state index is 0.823. The van der Waals surface area contributed by atoms with Crippen molar-refractivity contribution in [2.24, 2.45) is 0 Å². The van der Waals surface area contributed by atoms with Crippen LogP contribution < -0.4 is 4.74 Å². The summed E-state index contributed by atoms with van der Waals surface area (Å²) >= 11 is 0. The molecule has 0 radical (unpaired) electrons. The summed E-state index contributed by atoms with van der Waals surface area (Å²) in [4.78, 5) is 8.55. The van der Waals surface area contributed by atoms with Crippen molar-refractivity contribution in [2.75, 3.05) is 7.11 Å². The van der Waals surface area contributed by atoms with Crippen LogP contribution in [-0.4, -0.2) is 21.6 Å². The molecule has 0 atom stereocenters. The lowest BCUT2D eigenvalue weighted by molar-refractivity contribution is 0.411. The molecule has 2 aromatic rings. The quantitative estimate of drug-likeness (QED) is 0.790. The second kappa shape index (κ2) is 4.35. The van der Waals surface area contributed by atoms with E-state index in [2.05, 4.69) is 16.9 Å². The summed E-state index contributed by atoms with van der Waals surface area (Å²) < 4.78 is 7.28. The normalized spacial score (nSPS) is 10.4. The van der Waals surface area contributed by atoms with Crippen LogP contribution in [0.5, 0.6) is 5.75 Å². The SMILES string of the molecule is CCc1cc(OC)c(-n2cnc(C)c2)cn1. The van der Waals surface area contributed by atoms with E-state index < -0.39 is 0 Å². The fourth-order valence-electron chi connectivity index (χ4n) is 1.57. The van der Waals surface area contributed by atoms with Gasteiger partial charge in [0, 0.05) is 18.0 Å². The van der Waals surface area contributed by atoms with Crippen molar-refractivity contribution in [3.05, 3.63) is 36.2 Å². The van der Waals surface area contributed by atoms with Gasteiger partial charge in [-0.1, -0.05) is 6.92 Å². The standard InChI is InChI=1S/C12H15N3O/c1-4-10-5-12(16-3)11(6-13-10)15-7-9(2)14-8-15/h5-8H,4H2,1-3H3. The molecule has 0 saturated carbocycles. The molecular weight excluding hydrogens is 202 g/mol. The maximum atomic E-state index is 5.36. The monoisotopic (exact) mass is 217 g/mol. The molecule has 0 spiro atoms. The maximum absolute atomic E-state index is 5.36. The van der Waals surface area contributed by atoms with E-state index in [0.717, 1.165) is 29.2 Å². The van der Waals surface area contributed by atoms with Gasteiger partial charge in [-0.25, -0.2) is 4.98 Å². The molecule has 0 amide bonds. The van der Waals surface area contributed by atoms with E-state index in [0.29, 0.717) is 0 Å². The molecule has 16 heavy (non-hydrogen) atoms. The van der Waals surface area contributed by atoms with Crippen LogP contribution in [0, 0.1) is 6.92 Å². The average molecular weight is 217 g/mol. The number of aromatic nitrogens is 3. The molecule has 0 fully saturated rings. The molecule has 0 N–H and O–H groups in total. The van der Waals surface area contributed by atoms with Gasteiger partial charge in [0.25, 0.3) is 0 Å². The molecule has 0 aliphatic rings. The van der Waals surface area contributed by atoms with Crippen molar-refractivity contribution in [3.63, 3.8) is 0 Å². The number of aryl methyl sites for hydroxylation is 2. The number of hydrogen-bond donors (Lipinski definition) is 0. The average Bonchev–Trinajstić information content (AvgIpc) is 2.74. The van der Waals surface area contributed by atoms with Crippen LogP contribution in [0.2, 0.25) is 0 Å². The Morgan fingerprint density at radius 3 is 2.75 bits per heavy atom. The Bertz CT molecular complexity index is 491. The lowest BCUT2D eigenvalue weighted by Gasteiger charge is -2.09. The first-order chi connectivity index (χ1) is 7.74. The molecule has 0 aliphatic carbocycles. The number of hydrogen-bond acceptors (Lipinski definition) is 3. The molecule has 4 heteroatoms. The van der Waals surface area contributed by atoms with Crippen molar-refractivity contribution in [2.45, 2.75) is 20.3 Å². The molecular formula is C12H15N3O. The Labute approximate surface area is 94.9 Å². The Kier molecular flexibility index (Phi) is 2.90. The van der Waals surface area contributed by atoms with Crippen molar-refractivity contribution in [1.82, 2.24) is 14.5 Å². The first-order valence-corrected chi connectivity index (χ1v) is 5.28. The predicted molar refractivity (Wildman–Crippen MR) is 62.0 cm³/mol. The van der Waals surface area contributed by atoms with Gasteiger partial charge in [-0.2, -0.15) is 0 Å². The zero-order valence-corrected chi connectivity index (χ0v) is 9.77. The van der Waals surface area contributed by atoms with E-state index in [-0.39, 0.29) is 0 Å². The highest BCUT2D eigenvalue weighted by Crippen LogP contribution is 2.22. The van der Waals surface area contributed by atoms with Gasteiger partial charge in [-0.15, -0.1) is 0 Å². The first-order valence-electron chi connectivity index (χ1n) is 5.28. The highest BCUT2D eigenvalue weighted by Gasteiger charge is 2.07. The van der Waals surface area contributed by atoms with Gasteiger partial charge >= 0.3 is 0 Å². The van der Waals surface area contributed by atoms with E-state index in [1.165, 1.54) is 0 Å². The summed E-state index contributed by atoms with van der Waals surface area (Å²) in [6, 6.07) is 1.96. The second-order valence-corrected chi connectivity index (χ2v) is 3.62. The summed E-state index contributed by atoms with van der Waals surface area (Å²) in [5, 5.41) is 0. The van der Waals surface area contributed by atoms with Crippen LogP contribution in [0.4, 0.5) is 0 Å². The number of nitrogens with zero attached hydrogens (tertiary/aromatic N) is 3. The smallest absolute Gasteiger partial charge is 0.146 e. The summed E-state index contributed by atoms with van der Waals surface area (Å²) in [7, 11) is 1.67. The number of rotatable bonds is 3. The molecule has 2 aromatic heterocycles. The molecule has 2 heterocycles. The topological polar surface area (TPSA) is 39.9 Å². The van der Waals surface area contributed by atoms with Gasteiger partial charge < -0.3 is 9.30 Å². The third-order valence-corrected chi connectivity index (χ3v) is 2.47. The second-order valence-electron chi connectivity index (χ2n) is 3.62. The van der Waals surface area contributed by atoms with E-state index in [4.69, 9.17) is 4.74 Å². The molecule has 0 unspecified atom stereocenters. The van der Waals surface area contributed by atoms with Crippen LogP contribution >= 0.6 is 0 Å². The predicted octanol–water partition coefficient (Wildman–Crippen LogP) is 2.15. The largest absolute Gasteiger partial charge is 0.494 e. The summed E-state index contributed by atoms with van der Waals surface area (Å²) in [5.74, 6) is 0.823. The third kappa shape index (κ3) is 1.91. The van der Waals surface area contributed by atoms with E-state index in [9.17, 15) is 0 Å². The first kappa shape index (κ1) is 10.7.